The maximum Gasteiger partial charge on any atom is 0.335 e. The molecule has 2 aliphatic heterocycles. The number of hydrogen-bond acceptors (Lipinski definition) is 7. The zero-order valence-electron chi connectivity index (χ0n) is 22.2. The van der Waals surface area contributed by atoms with Crippen LogP contribution >= 0.6 is 0 Å². The molecule has 4 amide bonds. The van der Waals surface area contributed by atoms with Gasteiger partial charge in [-0.15, -0.1) is 6.58 Å². The number of anilines is 1. The van der Waals surface area contributed by atoms with E-state index in [1.165, 1.54) is 12.1 Å². The first-order valence-corrected chi connectivity index (χ1v) is 12.8. The Hall–Kier alpha value is -5.05. The summed E-state index contributed by atoms with van der Waals surface area (Å²) in [6.07, 6.45) is 3.63. The molecule has 9 nitrogen and oxygen atoms in total. The van der Waals surface area contributed by atoms with E-state index in [-0.39, 0.29) is 18.1 Å². The Morgan fingerprint density at radius 2 is 1.85 bits per heavy atom. The van der Waals surface area contributed by atoms with E-state index in [4.69, 9.17) is 18.9 Å². The van der Waals surface area contributed by atoms with Crippen LogP contribution in [0.4, 0.5) is 10.5 Å². The van der Waals surface area contributed by atoms with Crippen LogP contribution in [0.2, 0.25) is 0 Å². The quantitative estimate of drug-likeness (QED) is 0.229. The fraction of sp³-hybridized carbons (Fsp3) is 0.194. The number of rotatable bonds is 9. The zero-order chi connectivity index (χ0) is 28.2. The van der Waals surface area contributed by atoms with Crippen molar-refractivity contribution in [2.75, 3.05) is 18.3 Å². The van der Waals surface area contributed by atoms with Gasteiger partial charge in [-0.25, -0.2) is 9.69 Å². The minimum atomic E-state index is -0.853. The van der Waals surface area contributed by atoms with Gasteiger partial charge < -0.3 is 18.9 Å². The molecule has 1 N–H and O–H groups in total. The number of aryl methyl sites for hydroxylation is 1. The minimum Gasteiger partial charge on any atom is -0.490 e. The number of imide groups is 2. The predicted octanol–water partition coefficient (Wildman–Crippen LogP) is 5.10. The summed E-state index contributed by atoms with van der Waals surface area (Å²) in [5, 5.41) is 2.25. The Labute approximate surface area is 231 Å². The van der Waals surface area contributed by atoms with Gasteiger partial charge >= 0.3 is 6.03 Å². The van der Waals surface area contributed by atoms with Crippen molar-refractivity contribution in [2.45, 2.75) is 26.9 Å². The van der Waals surface area contributed by atoms with Gasteiger partial charge in [0.05, 0.1) is 12.3 Å². The summed E-state index contributed by atoms with van der Waals surface area (Å²) in [4.78, 5) is 39.8. The van der Waals surface area contributed by atoms with Gasteiger partial charge in [-0.1, -0.05) is 35.9 Å². The molecule has 0 aromatic heterocycles. The average molecular weight is 541 g/mol. The first kappa shape index (κ1) is 26.6. The van der Waals surface area contributed by atoms with E-state index in [0.29, 0.717) is 48.2 Å². The molecule has 0 radical (unpaired) electrons. The van der Waals surface area contributed by atoms with Crippen molar-refractivity contribution in [3.05, 3.63) is 95.1 Å². The second-order valence-corrected chi connectivity index (χ2v) is 9.21. The molecule has 2 aliphatic rings. The third-order valence-electron chi connectivity index (χ3n) is 6.31. The Morgan fingerprint density at radius 1 is 1.02 bits per heavy atom. The molecule has 3 aromatic carbocycles. The molecule has 9 heteroatoms. The van der Waals surface area contributed by atoms with Crippen LogP contribution in [0.1, 0.15) is 29.2 Å². The molecule has 0 unspecified atom stereocenters. The summed E-state index contributed by atoms with van der Waals surface area (Å²) < 4.78 is 22.8. The molecular formula is C31H28N2O7. The van der Waals surface area contributed by atoms with Gasteiger partial charge in [-0.2, -0.15) is 0 Å². The van der Waals surface area contributed by atoms with Gasteiger partial charge in [0.2, 0.25) is 6.79 Å². The summed E-state index contributed by atoms with van der Waals surface area (Å²) >= 11 is 0. The second-order valence-electron chi connectivity index (χ2n) is 9.21. The monoisotopic (exact) mass is 540 g/mol. The van der Waals surface area contributed by atoms with Crippen molar-refractivity contribution in [1.82, 2.24) is 5.32 Å². The van der Waals surface area contributed by atoms with Gasteiger partial charge in [-0.3, -0.25) is 14.9 Å². The topological polar surface area (TPSA) is 103 Å². The first-order chi connectivity index (χ1) is 19.4. The second kappa shape index (κ2) is 11.4. The van der Waals surface area contributed by atoms with Gasteiger partial charge in [0, 0.05) is 11.6 Å². The van der Waals surface area contributed by atoms with E-state index in [9.17, 15) is 14.4 Å². The number of fused-ring (bicyclic) bond motifs is 1. The summed E-state index contributed by atoms with van der Waals surface area (Å²) in [7, 11) is 0. The van der Waals surface area contributed by atoms with Crippen LogP contribution in [0, 0.1) is 6.92 Å². The van der Waals surface area contributed by atoms with Crippen LogP contribution in [-0.4, -0.2) is 31.2 Å². The van der Waals surface area contributed by atoms with E-state index in [0.717, 1.165) is 21.6 Å². The lowest BCUT2D eigenvalue weighted by Gasteiger charge is -2.26. The van der Waals surface area contributed by atoms with E-state index in [1.807, 2.05) is 44.2 Å². The molecule has 1 fully saturated rings. The maximum absolute atomic E-state index is 13.5. The summed E-state index contributed by atoms with van der Waals surface area (Å²) in [5.74, 6) is 0.363. The maximum atomic E-state index is 13.5. The van der Waals surface area contributed by atoms with Gasteiger partial charge in [0.25, 0.3) is 11.8 Å². The standard InChI is InChI=1S/C31H28N2O7/c1-4-7-22-13-21(15-27(37-5-2)28(22)38-17-20-9-6-8-19(3)12-20)14-24-29(34)32-31(36)33(30(24)35)23-10-11-25-26(16-23)40-18-39-25/h4,6,8-16H,1,5,7,17-18H2,2-3H3,(H,32,34,36)/b24-14+. The Kier molecular flexibility index (Phi) is 7.54. The molecule has 0 aliphatic carbocycles. The number of carbonyl (C=O) groups is 3. The average Bonchev–Trinajstić information content (AvgIpc) is 3.39. The highest BCUT2D eigenvalue weighted by molar-refractivity contribution is 6.39. The smallest absolute Gasteiger partial charge is 0.335 e. The predicted molar refractivity (Wildman–Crippen MR) is 149 cm³/mol. The zero-order valence-corrected chi connectivity index (χ0v) is 22.2. The number of amides is 4. The first-order valence-electron chi connectivity index (χ1n) is 12.8. The fourth-order valence-corrected chi connectivity index (χ4v) is 4.54. The molecule has 1 saturated heterocycles. The summed E-state index contributed by atoms with van der Waals surface area (Å²) in [5.41, 5.74) is 3.47. The SMILES string of the molecule is C=CCc1cc(/C=C2\C(=O)NC(=O)N(c3ccc4c(c3)OCO4)C2=O)cc(OCC)c1OCc1cccc(C)c1. The molecule has 2 heterocycles. The molecule has 0 atom stereocenters. The lowest BCUT2D eigenvalue weighted by molar-refractivity contribution is -0.122. The van der Waals surface area contributed by atoms with Crippen LogP contribution < -0.4 is 29.2 Å². The number of allylic oxidation sites excluding steroid dienone is 1. The Balaban J connectivity index is 1.50. The molecule has 40 heavy (non-hydrogen) atoms. The Morgan fingerprint density at radius 3 is 2.62 bits per heavy atom. The van der Waals surface area contributed by atoms with E-state index < -0.39 is 17.8 Å². The third kappa shape index (κ3) is 5.40. The molecular weight excluding hydrogens is 512 g/mol. The molecule has 0 spiro atoms. The lowest BCUT2D eigenvalue weighted by atomic mass is 10.0. The van der Waals surface area contributed by atoms with E-state index in [2.05, 4.69) is 11.9 Å². The van der Waals surface area contributed by atoms with Crippen molar-refractivity contribution in [2.24, 2.45) is 0 Å². The number of hydrogen-bond donors (Lipinski definition) is 1. The van der Waals surface area contributed by atoms with Crippen molar-refractivity contribution < 1.29 is 33.3 Å². The van der Waals surface area contributed by atoms with Crippen molar-refractivity contribution in [3.8, 4) is 23.0 Å². The normalized spacial score (nSPS) is 15.3. The molecule has 3 aromatic rings. The molecule has 204 valence electrons. The van der Waals surface area contributed by atoms with Crippen molar-refractivity contribution in [3.63, 3.8) is 0 Å². The number of ether oxygens (including phenoxy) is 4. The van der Waals surface area contributed by atoms with Crippen LogP contribution in [0.3, 0.4) is 0 Å². The number of barbiturate groups is 1. The van der Waals surface area contributed by atoms with E-state index in [1.54, 1.807) is 24.3 Å². The highest BCUT2D eigenvalue weighted by atomic mass is 16.7. The number of nitrogens with zero attached hydrogens (tertiary/aromatic N) is 1. The largest absolute Gasteiger partial charge is 0.490 e. The summed E-state index contributed by atoms with van der Waals surface area (Å²) in [6, 6.07) is 15.4. The Bertz CT molecular complexity index is 1540. The third-order valence-corrected chi connectivity index (χ3v) is 6.31. The molecule has 5 rings (SSSR count). The van der Waals surface area contributed by atoms with Crippen LogP contribution in [0.15, 0.2) is 72.8 Å². The minimum absolute atomic E-state index is 0.0441. The van der Waals surface area contributed by atoms with Crippen molar-refractivity contribution in [1.29, 1.82) is 0 Å². The number of urea groups is 1. The van der Waals surface area contributed by atoms with Crippen LogP contribution in [0.25, 0.3) is 6.08 Å². The van der Waals surface area contributed by atoms with Crippen LogP contribution in [0.5, 0.6) is 23.0 Å². The van der Waals surface area contributed by atoms with Gasteiger partial charge in [0.15, 0.2) is 23.0 Å². The van der Waals surface area contributed by atoms with Crippen molar-refractivity contribution >= 4 is 29.6 Å². The van der Waals surface area contributed by atoms with Gasteiger partial charge in [-0.05, 0) is 61.7 Å². The van der Waals surface area contributed by atoms with Gasteiger partial charge in [0.1, 0.15) is 12.2 Å². The van der Waals surface area contributed by atoms with Crippen LogP contribution in [-0.2, 0) is 22.6 Å². The highest BCUT2D eigenvalue weighted by Crippen LogP contribution is 2.38. The molecule has 0 bridgehead atoms. The lowest BCUT2D eigenvalue weighted by Crippen LogP contribution is -2.54. The number of carbonyl (C=O) groups excluding carboxylic acids is 3. The fourth-order valence-electron chi connectivity index (χ4n) is 4.54. The number of nitrogens with one attached hydrogen (secondary N) is 1. The van der Waals surface area contributed by atoms with E-state index >= 15 is 0 Å². The molecule has 0 saturated carbocycles. The summed E-state index contributed by atoms with van der Waals surface area (Å²) in [6.45, 7) is 8.48. The highest BCUT2D eigenvalue weighted by Gasteiger charge is 2.37. The number of benzene rings is 3.